The van der Waals surface area contributed by atoms with Gasteiger partial charge in [0.05, 0.1) is 12.7 Å². The number of rotatable bonds is 3. The molecular formula is C11H11ClN2O4. The number of halogens is 1. The molecule has 1 N–H and O–H groups in total. The summed E-state index contributed by atoms with van der Waals surface area (Å²) < 4.78 is 4.54. The van der Waals surface area contributed by atoms with Crippen LogP contribution in [0.3, 0.4) is 0 Å². The normalized spacial score (nSPS) is 10.7. The van der Waals surface area contributed by atoms with Gasteiger partial charge in [-0.25, -0.2) is 9.59 Å². The van der Waals surface area contributed by atoms with E-state index in [1.165, 1.54) is 38.3 Å². The van der Waals surface area contributed by atoms with Crippen LogP contribution in [0, 0.1) is 0 Å². The number of anilines is 1. The summed E-state index contributed by atoms with van der Waals surface area (Å²) in [6, 6.07) is 6.09. The topological polar surface area (TPSA) is 77.0 Å². The van der Waals surface area contributed by atoms with Crippen LogP contribution in [0.1, 0.15) is 17.3 Å². The summed E-state index contributed by atoms with van der Waals surface area (Å²) >= 11 is 5.39. The lowest BCUT2D eigenvalue weighted by molar-refractivity contribution is 0.0600. The van der Waals surface area contributed by atoms with E-state index in [2.05, 4.69) is 20.0 Å². The fourth-order valence-corrected chi connectivity index (χ4v) is 1.09. The van der Waals surface area contributed by atoms with E-state index in [0.29, 0.717) is 11.3 Å². The number of oxime groups is 1. The first-order valence-electron chi connectivity index (χ1n) is 4.89. The Hall–Kier alpha value is -2.08. The SMILES string of the molecule is COC(=O)c1ccc(NC(=O)ON=C(C)Cl)cc1. The van der Waals surface area contributed by atoms with Gasteiger partial charge in [-0.2, -0.15) is 0 Å². The zero-order valence-electron chi connectivity index (χ0n) is 9.77. The molecular weight excluding hydrogens is 260 g/mol. The van der Waals surface area contributed by atoms with Crippen molar-refractivity contribution in [1.82, 2.24) is 0 Å². The molecule has 0 unspecified atom stereocenters. The number of nitrogens with one attached hydrogen (secondary N) is 1. The number of carbonyl (C=O) groups excluding carboxylic acids is 2. The lowest BCUT2D eigenvalue weighted by Gasteiger charge is -2.03. The third-order valence-electron chi connectivity index (χ3n) is 1.81. The molecule has 0 saturated carbocycles. The summed E-state index contributed by atoms with van der Waals surface area (Å²) in [6.45, 7) is 1.47. The maximum Gasteiger partial charge on any atom is 0.437 e. The fourth-order valence-electron chi connectivity index (χ4n) is 1.05. The predicted molar refractivity (Wildman–Crippen MR) is 66.8 cm³/mol. The van der Waals surface area contributed by atoms with Crippen molar-refractivity contribution >= 4 is 34.5 Å². The molecule has 18 heavy (non-hydrogen) atoms. The molecule has 1 rings (SSSR count). The molecule has 0 heterocycles. The molecule has 1 aromatic rings. The van der Waals surface area contributed by atoms with Crippen LogP contribution in [0.25, 0.3) is 0 Å². The van der Waals surface area contributed by atoms with E-state index in [1.807, 2.05) is 0 Å². The summed E-state index contributed by atoms with van der Waals surface area (Å²) in [7, 11) is 1.29. The number of amides is 1. The molecule has 0 spiro atoms. The summed E-state index contributed by atoms with van der Waals surface area (Å²) in [6.07, 6.45) is -0.777. The van der Waals surface area contributed by atoms with Crippen LogP contribution in [-0.2, 0) is 9.57 Å². The highest BCUT2D eigenvalue weighted by Gasteiger charge is 2.06. The number of benzene rings is 1. The van der Waals surface area contributed by atoms with Gasteiger partial charge < -0.3 is 4.74 Å². The Morgan fingerprint density at radius 3 is 2.39 bits per heavy atom. The summed E-state index contributed by atoms with van der Waals surface area (Å²) in [4.78, 5) is 26.8. The van der Waals surface area contributed by atoms with Crippen LogP contribution >= 0.6 is 11.6 Å². The van der Waals surface area contributed by atoms with Crippen LogP contribution in [0.4, 0.5) is 10.5 Å². The number of hydrogen-bond donors (Lipinski definition) is 1. The lowest BCUT2D eigenvalue weighted by Crippen LogP contribution is -2.11. The van der Waals surface area contributed by atoms with Crippen LogP contribution in [0.5, 0.6) is 0 Å². The Morgan fingerprint density at radius 2 is 1.89 bits per heavy atom. The smallest absolute Gasteiger partial charge is 0.437 e. The molecule has 0 aromatic heterocycles. The van der Waals surface area contributed by atoms with E-state index in [0.717, 1.165) is 0 Å². The largest absolute Gasteiger partial charge is 0.465 e. The van der Waals surface area contributed by atoms with E-state index in [1.54, 1.807) is 0 Å². The van der Waals surface area contributed by atoms with Crippen molar-refractivity contribution in [2.45, 2.75) is 6.92 Å². The first-order valence-corrected chi connectivity index (χ1v) is 5.27. The second-order valence-electron chi connectivity index (χ2n) is 3.16. The molecule has 0 saturated heterocycles. The van der Waals surface area contributed by atoms with Gasteiger partial charge in [-0.15, -0.1) is 0 Å². The Balaban J connectivity index is 2.61. The highest BCUT2D eigenvalue weighted by molar-refractivity contribution is 6.64. The fraction of sp³-hybridized carbons (Fsp3) is 0.182. The molecule has 0 radical (unpaired) electrons. The number of nitrogens with zero attached hydrogens (tertiary/aromatic N) is 1. The molecule has 6 nitrogen and oxygen atoms in total. The average molecular weight is 271 g/mol. The van der Waals surface area contributed by atoms with E-state index >= 15 is 0 Å². The molecule has 0 aliphatic carbocycles. The average Bonchev–Trinajstić information content (AvgIpc) is 2.36. The third kappa shape index (κ3) is 4.42. The molecule has 0 atom stereocenters. The van der Waals surface area contributed by atoms with Crippen LogP contribution in [0.15, 0.2) is 29.4 Å². The molecule has 0 fully saturated rings. The Morgan fingerprint density at radius 1 is 1.28 bits per heavy atom. The first kappa shape index (κ1) is 14.0. The number of hydrogen-bond acceptors (Lipinski definition) is 5. The molecule has 96 valence electrons. The number of esters is 1. The Kier molecular flexibility index (Phi) is 5.13. The minimum Gasteiger partial charge on any atom is -0.465 e. The molecule has 1 amide bonds. The van der Waals surface area contributed by atoms with Gasteiger partial charge in [-0.1, -0.05) is 16.8 Å². The van der Waals surface area contributed by atoms with Gasteiger partial charge >= 0.3 is 12.1 Å². The summed E-state index contributed by atoms with van der Waals surface area (Å²) in [5.41, 5.74) is 0.834. The lowest BCUT2D eigenvalue weighted by atomic mass is 10.2. The highest BCUT2D eigenvalue weighted by Crippen LogP contribution is 2.10. The van der Waals surface area contributed by atoms with E-state index in [-0.39, 0.29) is 5.17 Å². The monoisotopic (exact) mass is 270 g/mol. The maximum atomic E-state index is 11.2. The zero-order chi connectivity index (χ0) is 13.5. The van der Waals surface area contributed by atoms with Gasteiger partial charge in [0.2, 0.25) is 0 Å². The standard InChI is InChI=1S/C11H11ClN2O4/c1-7(12)14-18-11(16)13-9-5-3-8(4-6-9)10(15)17-2/h3-6H,1-2H3,(H,13,16). The minimum absolute atomic E-state index is 0.103. The quantitative estimate of drug-likeness (QED) is 0.396. The van der Waals surface area contributed by atoms with Crippen LogP contribution in [0.2, 0.25) is 0 Å². The number of methoxy groups -OCH3 is 1. The second kappa shape index (κ2) is 6.61. The Bertz CT molecular complexity index is 466. The van der Waals surface area contributed by atoms with Crippen molar-refractivity contribution in [1.29, 1.82) is 0 Å². The summed E-state index contributed by atoms with van der Waals surface area (Å²) in [5, 5.41) is 5.78. The number of carbonyl (C=O) groups is 2. The van der Waals surface area contributed by atoms with Gasteiger partial charge in [-0.05, 0) is 31.2 Å². The molecule has 1 aromatic carbocycles. The van der Waals surface area contributed by atoms with Crippen LogP contribution < -0.4 is 5.32 Å². The van der Waals surface area contributed by atoms with Crippen LogP contribution in [-0.4, -0.2) is 24.3 Å². The second-order valence-corrected chi connectivity index (χ2v) is 3.71. The van der Waals surface area contributed by atoms with Gasteiger partial charge in [0.1, 0.15) is 5.17 Å². The molecule has 7 heteroatoms. The molecule has 0 bridgehead atoms. The van der Waals surface area contributed by atoms with Crippen molar-refractivity contribution < 1.29 is 19.2 Å². The first-order chi connectivity index (χ1) is 8.52. The zero-order valence-corrected chi connectivity index (χ0v) is 10.5. The summed E-state index contributed by atoms with van der Waals surface area (Å²) in [5.74, 6) is -0.452. The maximum absolute atomic E-state index is 11.2. The van der Waals surface area contributed by atoms with Gasteiger partial charge in [0.15, 0.2) is 0 Å². The highest BCUT2D eigenvalue weighted by atomic mass is 35.5. The van der Waals surface area contributed by atoms with Crippen molar-refractivity contribution in [2.24, 2.45) is 5.16 Å². The molecule has 0 aliphatic heterocycles. The predicted octanol–water partition coefficient (Wildman–Crippen LogP) is 2.59. The van der Waals surface area contributed by atoms with Gasteiger partial charge in [0.25, 0.3) is 0 Å². The van der Waals surface area contributed by atoms with E-state index in [4.69, 9.17) is 11.6 Å². The van der Waals surface area contributed by atoms with E-state index < -0.39 is 12.1 Å². The third-order valence-corrected chi connectivity index (χ3v) is 1.88. The van der Waals surface area contributed by atoms with E-state index in [9.17, 15) is 9.59 Å². The van der Waals surface area contributed by atoms with Crippen molar-refractivity contribution in [3.05, 3.63) is 29.8 Å². The molecule has 0 aliphatic rings. The van der Waals surface area contributed by atoms with Crippen molar-refractivity contribution in [3.63, 3.8) is 0 Å². The van der Waals surface area contributed by atoms with Crippen molar-refractivity contribution in [2.75, 3.05) is 12.4 Å². The van der Waals surface area contributed by atoms with Crippen molar-refractivity contribution in [3.8, 4) is 0 Å². The van der Waals surface area contributed by atoms with Gasteiger partial charge in [0, 0.05) is 5.69 Å². The number of ether oxygens (including phenoxy) is 1. The minimum atomic E-state index is -0.777. The van der Waals surface area contributed by atoms with Gasteiger partial charge in [-0.3, -0.25) is 10.2 Å². The Labute approximate surface area is 109 Å².